The first-order valence-corrected chi connectivity index (χ1v) is 14.9. The molecule has 224 valence electrons. The summed E-state index contributed by atoms with van der Waals surface area (Å²) in [6.07, 6.45) is 2.49. The van der Waals surface area contributed by atoms with E-state index < -0.39 is 17.9 Å². The van der Waals surface area contributed by atoms with Crippen molar-refractivity contribution < 1.29 is 19.1 Å². The number of benzene rings is 4. The molecule has 1 heterocycles. The molecular formula is C38H38N2O4. The average molecular weight is 587 g/mol. The van der Waals surface area contributed by atoms with E-state index in [0.717, 1.165) is 44.3 Å². The molecule has 0 spiro atoms. The Morgan fingerprint density at radius 2 is 1.43 bits per heavy atom. The van der Waals surface area contributed by atoms with Crippen LogP contribution >= 0.6 is 0 Å². The molecule has 0 saturated heterocycles. The zero-order chi connectivity index (χ0) is 31.2. The highest BCUT2D eigenvalue weighted by atomic mass is 16.5. The van der Waals surface area contributed by atoms with Gasteiger partial charge in [0, 0.05) is 36.1 Å². The van der Waals surface area contributed by atoms with Crippen molar-refractivity contribution in [3.05, 3.63) is 131 Å². The zero-order valence-electron chi connectivity index (χ0n) is 25.7. The second kappa shape index (κ2) is 13.6. The van der Waals surface area contributed by atoms with Crippen LogP contribution in [0.4, 0.5) is 0 Å². The molecule has 0 bridgehead atoms. The number of H-pyrrole nitrogens is 1. The second-order valence-corrected chi connectivity index (χ2v) is 11.5. The van der Waals surface area contributed by atoms with Gasteiger partial charge in [0.25, 0.3) is 5.91 Å². The Bertz CT molecular complexity index is 1750. The van der Waals surface area contributed by atoms with Crippen LogP contribution in [-0.2, 0) is 27.2 Å². The highest BCUT2D eigenvalue weighted by Crippen LogP contribution is 2.26. The maximum absolute atomic E-state index is 14.2. The number of rotatable bonds is 11. The number of aromatic nitrogens is 1. The first kappa shape index (κ1) is 30.5. The van der Waals surface area contributed by atoms with Gasteiger partial charge < -0.3 is 14.6 Å². The smallest absolute Gasteiger partial charge is 0.309 e. The molecule has 0 fully saturated rings. The molecule has 44 heavy (non-hydrogen) atoms. The molecule has 6 heteroatoms. The summed E-state index contributed by atoms with van der Waals surface area (Å²) in [6.45, 7) is 3.90. The number of para-hydroxylation sites is 1. The summed E-state index contributed by atoms with van der Waals surface area (Å²) in [5.41, 5.74) is 7.49. The van der Waals surface area contributed by atoms with E-state index >= 15 is 0 Å². The first-order valence-electron chi connectivity index (χ1n) is 14.9. The Balaban J connectivity index is 1.43. The van der Waals surface area contributed by atoms with Gasteiger partial charge in [0.1, 0.15) is 0 Å². The minimum Gasteiger partial charge on any atom is -0.469 e. The van der Waals surface area contributed by atoms with Gasteiger partial charge in [-0.2, -0.15) is 0 Å². The summed E-state index contributed by atoms with van der Waals surface area (Å²) in [6, 6.07) is 31.0. The Kier molecular flexibility index (Phi) is 9.39. The Labute approximate surface area is 258 Å². The van der Waals surface area contributed by atoms with E-state index in [2.05, 4.69) is 17.1 Å². The molecule has 4 aromatic carbocycles. The fourth-order valence-electron chi connectivity index (χ4n) is 5.95. The van der Waals surface area contributed by atoms with Crippen molar-refractivity contribution in [2.75, 3.05) is 14.2 Å². The quantitative estimate of drug-likeness (QED) is 0.167. The lowest BCUT2D eigenvalue weighted by molar-refractivity contribution is -0.147. The molecule has 0 aliphatic rings. The van der Waals surface area contributed by atoms with Gasteiger partial charge in [-0.15, -0.1) is 0 Å². The molecule has 1 amide bonds. The van der Waals surface area contributed by atoms with Crippen LogP contribution < -0.4 is 0 Å². The number of carbonyl (C=O) groups is 3. The van der Waals surface area contributed by atoms with Crippen LogP contribution in [0.15, 0.2) is 103 Å². The van der Waals surface area contributed by atoms with Crippen LogP contribution in [0.3, 0.4) is 0 Å². The van der Waals surface area contributed by atoms with Crippen molar-refractivity contribution in [3.8, 4) is 11.1 Å². The minimum absolute atomic E-state index is 0.0522. The summed E-state index contributed by atoms with van der Waals surface area (Å²) in [4.78, 5) is 45.7. The summed E-state index contributed by atoms with van der Waals surface area (Å²) in [5.74, 6) is -1.56. The van der Waals surface area contributed by atoms with Crippen molar-refractivity contribution in [1.82, 2.24) is 9.88 Å². The van der Waals surface area contributed by atoms with Crippen molar-refractivity contribution >= 4 is 28.6 Å². The van der Waals surface area contributed by atoms with Crippen LogP contribution in [0.1, 0.15) is 39.0 Å². The van der Waals surface area contributed by atoms with E-state index in [-0.39, 0.29) is 18.1 Å². The van der Waals surface area contributed by atoms with Crippen molar-refractivity contribution in [3.63, 3.8) is 0 Å². The number of fused-ring (bicyclic) bond motifs is 1. The largest absolute Gasteiger partial charge is 0.469 e. The number of nitrogens with one attached hydrogen (secondary N) is 1. The second-order valence-electron chi connectivity index (χ2n) is 11.5. The summed E-state index contributed by atoms with van der Waals surface area (Å²) in [7, 11) is 3.02. The number of aromatic amines is 1. The molecule has 6 nitrogen and oxygen atoms in total. The van der Waals surface area contributed by atoms with Gasteiger partial charge in [-0.1, -0.05) is 90.0 Å². The van der Waals surface area contributed by atoms with Crippen LogP contribution in [0, 0.1) is 19.8 Å². The van der Waals surface area contributed by atoms with Gasteiger partial charge >= 0.3 is 5.97 Å². The SMILES string of the molecule is COC(=O)C(CC(=O)[C@@H](Cc1ccc(-c2ccccc2)cc1)N(C)C(=O)c1cc(C)cc(C)c1)Cc1c[nH]c2ccccc12. The third kappa shape index (κ3) is 6.97. The molecule has 1 aromatic heterocycles. The molecular weight excluding hydrogens is 548 g/mol. The lowest BCUT2D eigenvalue weighted by Crippen LogP contribution is -2.45. The monoisotopic (exact) mass is 586 g/mol. The number of Topliss-reactive ketones (excluding diaryl/α,β-unsaturated/α-hetero) is 1. The number of hydrogen-bond acceptors (Lipinski definition) is 4. The number of carbonyl (C=O) groups excluding carboxylic acids is 3. The molecule has 5 rings (SSSR count). The lowest BCUT2D eigenvalue weighted by atomic mass is 9.89. The van der Waals surface area contributed by atoms with Crippen LogP contribution in [0.5, 0.6) is 0 Å². The number of ketones is 1. The lowest BCUT2D eigenvalue weighted by Gasteiger charge is -2.29. The van der Waals surface area contributed by atoms with Crippen molar-refractivity contribution in [2.45, 2.75) is 39.2 Å². The number of likely N-dealkylation sites (N-methyl/N-ethyl adjacent to an activating group) is 1. The third-order valence-electron chi connectivity index (χ3n) is 8.24. The van der Waals surface area contributed by atoms with E-state index in [9.17, 15) is 14.4 Å². The molecule has 0 saturated carbocycles. The summed E-state index contributed by atoms with van der Waals surface area (Å²) in [5, 5.41) is 1.01. The van der Waals surface area contributed by atoms with Crippen LogP contribution in [0.25, 0.3) is 22.0 Å². The molecule has 2 atom stereocenters. The summed E-state index contributed by atoms with van der Waals surface area (Å²) < 4.78 is 5.15. The van der Waals surface area contributed by atoms with Crippen LogP contribution in [-0.4, -0.2) is 47.7 Å². The topological polar surface area (TPSA) is 79.5 Å². The third-order valence-corrected chi connectivity index (χ3v) is 8.24. The van der Waals surface area contributed by atoms with Gasteiger partial charge in [-0.05, 0) is 67.1 Å². The van der Waals surface area contributed by atoms with E-state index in [4.69, 9.17) is 4.74 Å². The average Bonchev–Trinajstić information content (AvgIpc) is 3.45. The van der Waals surface area contributed by atoms with E-state index in [1.807, 2.05) is 105 Å². The fourth-order valence-corrected chi connectivity index (χ4v) is 5.95. The Hall–Kier alpha value is -4.97. The van der Waals surface area contributed by atoms with E-state index in [0.29, 0.717) is 18.4 Å². The minimum atomic E-state index is -0.777. The standard InChI is InChI=1S/C38H38N2O4/c1-25-18-26(2)20-30(19-25)37(42)40(3)35(21-27-14-16-29(17-15-27)28-10-6-5-7-11-28)36(41)23-31(38(43)44-4)22-32-24-39-34-13-9-8-12-33(32)34/h5-20,24,31,35,39H,21-23H2,1-4H3/t31?,35-/m1/s1. The number of nitrogens with zero attached hydrogens (tertiary/aromatic N) is 1. The van der Waals surface area contributed by atoms with Crippen molar-refractivity contribution in [2.24, 2.45) is 5.92 Å². The van der Waals surface area contributed by atoms with Crippen LogP contribution in [0.2, 0.25) is 0 Å². The summed E-state index contributed by atoms with van der Waals surface area (Å²) >= 11 is 0. The van der Waals surface area contributed by atoms with Gasteiger partial charge in [-0.3, -0.25) is 14.4 Å². The molecule has 1 unspecified atom stereocenters. The molecule has 5 aromatic rings. The predicted octanol–water partition coefficient (Wildman–Crippen LogP) is 7.13. The number of aryl methyl sites for hydroxylation is 2. The molecule has 0 radical (unpaired) electrons. The highest BCUT2D eigenvalue weighted by molar-refractivity contribution is 5.99. The highest BCUT2D eigenvalue weighted by Gasteiger charge is 2.32. The number of hydrogen-bond donors (Lipinski definition) is 1. The van der Waals surface area contributed by atoms with Crippen molar-refractivity contribution in [1.29, 1.82) is 0 Å². The normalized spacial score (nSPS) is 12.5. The number of methoxy groups -OCH3 is 1. The number of esters is 1. The van der Waals surface area contributed by atoms with Gasteiger partial charge in [-0.25, -0.2) is 0 Å². The molecule has 0 aliphatic carbocycles. The van der Waals surface area contributed by atoms with E-state index in [1.54, 1.807) is 7.05 Å². The van der Waals surface area contributed by atoms with E-state index in [1.165, 1.54) is 12.0 Å². The first-order chi connectivity index (χ1) is 21.2. The number of amides is 1. The zero-order valence-corrected chi connectivity index (χ0v) is 25.7. The Morgan fingerprint density at radius 3 is 2.11 bits per heavy atom. The van der Waals surface area contributed by atoms with Gasteiger partial charge in [0.05, 0.1) is 19.1 Å². The Morgan fingerprint density at radius 1 is 0.795 bits per heavy atom. The fraction of sp³-hybridized carbons (Fsp3) is 0.237. The maximum Gasteiger partial charge on any atom is 0.309 e. The van der Waals surface area contributed by atoms with Gasteiger partial charge in [0.15, 0.2) is 5.78 Å². The maximum atomic E-state index is 14.2. The molecule has 0 aliphatic heterocycles. The van der Waals surface area contributed by atoms with Gasteiger partial charge in [0.2, 0.25) is 0 Å². The number of ether oxygens (including phenoxy) is 1. The molecule has 1 N–H and O–H groups in total. The predicted molar refractivity (Wildman–Crippen MR) is 175 cm³/mol.